The molecule has 1 aromatic carbocycles. The number of carbonyl (C=O) groups excluding carboxylic acids is 1. The van der Waals surface area contributed by atoms with Gasteiger partial charge in [-0.2, -0.15) is 0 Å². The lowest BCUT2D eigenvalue weighted by Gasteiger charge is -1.92. The average molecular weight is 177 g/mol. The Morgan fingerprint density at radius 1 is 1.46 bits per heavy atom. The summed E-state index contributed by atoms with van der Waals surface area (Å²) in [5.41, 5.74) is 0.909. The molecule has 0 unspecified atom stereocenters. The summed E-state index contributed by atoms with van der Waals surface area (Å²) in [5, 5.41) is 3.54. The monoisotopic (exact) mass is 177 g/mol. The molecule has 0 atom stereocenters. The fourth-order valence-corrected chi connectivity index (χ4v) is 0.750. The maximum absolute atomic E-state index is 10.7. The van der Waals surface area contributed by atoms with Crippen LogP contribution in [-0.4, -0.2) is 12.2 Å². The van der Waals surface area contributed by atoms with Crippen LogP contribution >= 0.6 is 0 Å². The van der Waals surface area contributed by atoms with Crippen molar-refractivity contribution in [1.82, 2.24) is 0 Å². The average Bonchev–Trinajstić information content (AvgIpc) is 2.19. The molecule has 0 aliphatic carbocycles. The Balaban J connectivity index is 2.45. The lowest BCUT2D eigenvalue weighted by Crippen LogP contribution is -1.96. The highest BCUT2D eigenvalue weighted by Crippen LogP contribution is 1.94. The largest absolute Gasteiger partial charge is 0.334 e. The molecule has 13 heavy (non-hydrogen) atoms. The molecular formula is C10H11NO2. The van der Waals surface area contributed by atoms with Gasteiger partial charge < -0.3 is 4.84 Å². The minimum absolute atomic E-state index is 0.327. The van der Waals surface area contributed by atoms with Gasteiger partial charge in [-0.05, 0) is 5.56 Å². The molecule has 1 aromatic rings. The predicted octanol–water partition coefficient (Wildman–Crippen LogP) is 1.97. The first kappa shape index (κ1) is 9.45. The highest BCUT2D eigenvalue weighted by Gasteiger charge is 1.94. The van der Waals surface area contributed by atoms with E-state index in [9.17, 15) is 4.79 Å². The summed E-state index contributed by atoms with van der Waals surface area (Å²) in [4.78, 5) is 15.2. The summed E-state index contributed by atoms with van der Waals surface area (Å²) in [7, 11) is 0. The molecule has 0 spiro atoms. The van der Waals surface area contributed by atoms with Crippen molar-refractivity contribution in [2.75, 3.05) is 0 Å². The van der Waals surface area contributed by atoms with Gasteiger partial charge in [-0.25, -0.2) is 4.79 Å². The van der Waals surface area contributed by atoms with Gasteiger partial charge in [0.2, 0.25) is 0 Å². The van der Waals surface area contributed by atoms with Crippen molar-refractivity contribution in [2.45, 2.75) is 13.3 Å². The van der Waals surface area contributed by atoms with E-state index in [1.54, 1.807) is 6.92 Å². The van der Waals surface area contributed by atoms with Crippen LogP contribution in [0.25, 0.3) is 0 Å². The molecule has 68 valence electrons. The molecule has 0 aromatic heterocycles. The van der Waals surface area contributed by atoms with E-state index in [2.05, 4.69) is 9.99 Å². The quantitative estimate of drug-likeness (QED) is 0.402. The van der Waals surface area contributed by atoms with E-state index in [0.717, 1.165) is 5.56 Å². The second-order valence-electron chi connectivity index (χ2n) is 2.46. The van der Waals surface area contributed by atoms with Crippen LogP contribution in [0.4, 0.5) is 0 Å². The number of hydrogen-bond donors (Lipinski definition) is 0. The Kier molecular flexibility index (Phi) is 3.70. The van der Waals surface area contributed by atoms with Gasteiger partial charge in [-0.1, -0.05) is 42.4 Å². The van der Waals surface area contributed by atoms with E-state index in [4.69, 9.17) is 0 Å². The van der Waals surface area contributed by atoms with Crippen molar-refractivity contribution in [3.05, 3.63) is 35.9 Å². The third-order valence-electron chi connectivity index (χ3n) is 1.44. The third kappa shape index (κ3) is 3.51. The van der Waals surface area contributed by atoms with E-state index in [0.29, 0.717) is 6.42 Å². The van der Waals surface area contributed by atoms with Crippen LogP contribution in [0.5, 0.6) is 0 Å². The molecule has 0 fully saturated rings. The number of hydrogen-bond acceptors (Lipinski definition) is 3. The molecule has 0 aliphatic heterocycles. The number of rotatable bonds is 3. The Labute approximate surface area is 77.0 Å². The van der Waals surface area contributed by atoms with Gasteiger partial charge in [0.1, 0.15) is 0 Å². The van der Waals surface area contributed by atoms with Crippen LogP contribution in [0, 0.1) is 0 Å². The fraction of sp³-hybridized carbons (Fsp3) is 0.200. The maximum atomic E-state index is 10.7. The van der Waals surface area contributed by atoms with Crippen molar-refractivity contribution in [1.29, 1.82) is 0 Å². The van der Waals surface area contributed by atoms with Gasteiger partial charge in [0, 0.05) is 6.42 Å². The molecular weight excluding hydrogens is 166 g/mol. The molecule has 0 aliphatic rings. The number of carbonyl (C=O) groups is 1. The summed E-state index contributed by atoms with van der Waals surface area (Å²) in [6.07, 6.45) is 1.85. The molecule has 0 heterocycles. The van der Waals surface area contributed by atoms with Crippen LogP contribution in [0.1, 0.15) is 18.9 Å². The van der Waals surface area contributed by atoms with E-state index in [1.807, 2.05) is 30.3 Å². The van der Waals surface area contributed by atoms with Crippen LogP contribution in [0.2, 0.25) is 0 Å². The zero-order valence-electron chi connectivity index (χ0n) is 7.43. The lowest BCUT2D eigenvalue weighted by atomic mass is 10.2. The first-order valence-corrected chi connectivity index (χ1v) is 4.11. The normalized spacial score (nSPS) is 10.2. The summed E-state index contributed by atoms with van der Waals surface area (Å²) in [6, 6.07) is 9.45. The van der Waals surface area contributed by atoms with Crippen LogP contribution in [0.15, 0.2) is 35.5 Å². The minimum atomic E-state index is -0.327. The summed E-state index contributed by atoms with van der Waals surface area (Å²) in [5.74, 6) is -0.327. The molecule has 3 nitrogen and oxygen atoms in total. The number of benzene rings is 1. The lowest BCUT2D eigenvalue weighted by molar-refractivity contribution is -0.143. The van der Waals surface area contributed by atoms with Crippen molar-refractivity contribution in [3.8, 4) is 0 Å². The highest BCUT2D eigenvalue weighted by atomic mass is 16.7. The van der Waals surface area contributed by atoms with Gasteiger partial charge >= 0.3 is 5.97 Å². The Morgan fingerprint density at radius 2 is 2.15 bits per heavy atom. The maximum Gasteiger partial charge on any atom is 0.334 e. The second-order valence-corrected chi connectivity index (χ2v) is 2.46. The van der Waals surface area contributed by atoms with E-state index in [1.165, 1.54) is 6.21 Å². The van der Waals surface area contributed by atoms with Crippen LogP contribution in [0.3, 0.4) is 0 Å². The van der Waals surface area contributed by atoms with Gasteiger partial charge in [0.25, 0.3) is 0 Å². The molecule has 0 N–H and O–H groups in total. The summed E-state index contributed by atoms with van der Waals surface area (Å²) in [6.45, 7) is 1.72. The van der Waals surface area contributed by atoms with Gasteiger partial charge in [-0.3, -0.25) is 0 Å². The standard InChI is InChI=1S/C10H11NO2/c1-2-10(12)13-11-8-9-6-4-3-5-7-9/h3-8H,2H2,1H3. The van der Waals surface area contributed by atoms with Gasteiger partial charge in [-0.15, -0.1) is 0 Å². The van der Waals surface area contributed by atoms with E-state index < -0.39 is 0 Å². The molecule has 0 amide bonds. The van der Waals surface area contributed by atoms with Crippen molar-refractivity contribution < 1.29 is 9.63 Å². The van der Waals surface area contributed by atoms with Gasteiger partial charge in [0.15, 0.2) is 0 Å². The first-order valence-electron chi connectivity index (χ1n) is 4.11. The molecule has 1 rings (SSSR count). The zero-order valence-corrected chi connectivity index (χ0v) is 7.43. The molecule has 0 saturated heterocycles. The summed E-state index contributed by atoms with van der Waals surface area (Å²) < 4.78 is 0. The fourth-order valence-electron chi connectivity index (χ4n) is 0.750. The summed E-state index contributed by atoms with van der Waals surface area (Å²) >= 11 is 0. The van der Waals surface area contributed by atoms with Crippen LogP contribution in [-0.2, 0) is 9.63 Å². The smallest absolute Gasteiger partial charge is 0.318 e. The Morgan fingerprint density at radius 3 is 2.77 bits per heavy atom. The Hall–Kier alpha value is -1.64. The van der Waals surface area contributed by atoms with Crippen molar-refractivity contribution in [3.63, 3.8) is 0 Å². The molecule has 0 saturated carbocycles. The topological polar surface area (TPSA) is 38.7 Å². The second kappa shape index (κ2) is 5.09. The van der Waals surface area contributed by atoms with E-state index >= 15 is 0 Å². The third-order valence-corrected chi connectivity index (χ3v) is 1.44. The van der Waals surface area contributed by atoms with Crippen molar-refractivity contribution in [2.24, 2.45) is 5.16 Å². The molecule has 3 heteroatoms. The number of nitrogens with zero attached hydrogens (tertiary/aromatic N) is 1. The minimum Gasteiger partial charge on any atom is -0.318 e. The SMILES string of the molecule is CCC(=O)ON=Cc1ccccc1. The Bertz CT molecular complexity index is 293. The molecule has 0 radical (unpaired) electrons. The van der Waals surface area contributed by atoms with Gasteiger partial charge in [0.05, 0.1) is 6.21 Å². The first-order chi connectivity index (χ1) is 6.33. The predicted molar refractivity (Wildman–Crippen MR) is 50.4 cm³/mol. The zero-order chi connectivity index (χ0) is 9.52. The van der Waals surface area contributed by atoms with Crippen molar-refractivity contribution >= 4 is 12.2 Å². The molecule has 0 bridgehead atoms. The van der Waals surface area contributed by atoms with E-state index in [-0.39, 0.29) is 5.97 Å². The highest BCUT2D eigenvalue weighted by molar-refractivity contribution is 5.79. The van der Waals surface area contributed by atoms with Crippen LogP contribution < -0.4 is 0 Å². The number of oxime groups is 1.